The van der Waals surface area contributed by atoms with E-state index in [9.17, 15) is 4.79 Å². The maximum absolute atomic E-state index is 11.7. The van der Waals surface area contributed by atoms with Crippen molar-refractivity contribution in [3.05, 3.63) is 39.1 Å². The van der Waals surface area contributed by atoms with Gasteiger partial charge in [-0.15, -0.1) is 12.4 Å². The molecule has 0 N–H and O–H groups in total. The summed E-state index contributed by atoms with van der Waals surface area (Å²) in [5.41, 5.74) is 2.84. The Morgan fingerprint density at radius 2 is 2.17 bits per heavy atom. The highest BCUT2D eigenvalue weighted by atomic mass is 35.5. The minimum absolute atomic E-state index is 0. The normalized spacial score (nSPS) is 15.1. The third kappa shape index (κ3) is 3.57. The molecule has 0 fully saturated rings. The molecule has 0 saturated heterocycles. The summed E-state index contributed by atoms with van der Waals surface area (Å²) < 4.78 is 10.8. The Morgan fingerprint density at radius 1 is 1.42 bits per heavy atom. The van der Waals surface area contributed by atoms with Gasteiger partial charge in [-0.1, -0.05) is 23.2 Å². The molecule has 130 valence electrons. The molecule has 1 aromatic carbocycles. The zero-order chi connectivity index (χ0) is 16.6. The first-order valence-corrected chi connectivity index (χ1v) is 8.22. The van der Waals surface area contributed by atoms with Crippen LogP contribution in [0.4, 0.5) is 0 Å². The molecule has 0 bridgehead atoms. The van der Waals surface area contributed by atoms with E-state index < -0.39 is 5.97 Å². The summed E-state index contributed by atoms with van der Waals surface area (Å²) >= 11 is 12.4. The zero-order valence-electron chi connectivity index (χ0n) is 13.4. The van der Waals surface area contributed by atoms with Crippen LogP contribution >= 0.6 is 35.6 Å². The van der Waals surface area contributed by atoms with Crippen LogP contribution in [0.5, 0.6) is 0 Å². The van der Waals surface area contributed by atoms with Crippen LogP contribution in [0.2, 0.25) is 5.02 Å². The van der Waals surface area contributed by atoms with Crippen LogP contribution in [-0.2, 0) is 22.5 Å². The molecule has 1 aliphatic rings. The second-order valence-electron chi connectivity index (χ2n) is 5.54. The van der Waals surface area contributed by atoms with Crippen molar-refractivity contribution in [3.8, 4) is 0 Å². The van der Waals surface area contributed by atoms with Crippen molar-refractivity contribution >= 4 is 58.6 Å². The van der Waals surface area contributed by atoms with E-state index in [0.717, 1.165) is 40.1 Å². The average Bonchev–Trinajstić information content (AvgIpc) is 2.73. The zero-order valence-corrected chi connectivity index (χ0v) is 15.7. The van der Waals surface area contributed by atoms with Crippen LogP contribution in [0.3, 0.4) is 0 Å². The second kappa shape index (κ2) is 7.79. The number of carbonyl (C=O) groups is 1. The predicted molar refractivity (Wildman–Crippen MR) is 99.0 cm³/mol. The lowest BCUT2D eigenvalue weighted by Gasteiger charge is -2.13. The topological polar surface area (TPSA) is 42.7 Å². The van der Waals surface area contributed by atoms with Crippen LogP contribution in [0, 0.1) is 0 Å². The average molecular weight is 391 g/mol. The number of rotatable bonds is 3. The second-order valence-corrected chi connectivity index (χ2v) is 6.36. The molecule has 3 rings (SSSR count). The van der Waals surface area contributed by atoms with Gasteiger partial charge in [0, 0.05) is 35.1 Å². The summed E-state index contributed by atoms with van der Waals surface area (Å²) in [6, 6.07) is 3.70. The lowest BCUT2D eigenvalue weighted by atomic mass is 10.0. The molecule has 0 saturated carbocycles. The number of halogens is 3. The summed E-state index contributed by atoms with van der Waals surface area (Å²) in [4.78, 5) is 13.9. The van der Waals surface area contributed by atoms with E-state index in [2.05, 4.69) is 4.90 Å². The van der Waals surface area contributed by atoms with Gasteiger partial charge in [0.05, 0.1) is 6.61 Å². The molecule has 2 aromatic rings. The summed E-state index contributed by atoms with van der Waals surface area (Å²) in [5.74, 6) is 0.0253. The first kappa shape index (κ1) is 19.1. The summed E-state index contributed by atoms with van der Waals surface area (Å²) in [7, 11) is 2.04. The Bertz CT molecular complexity index is 798. The maximum Gasteiger partial charge on any atom is 0.349 e. The molecule has 0 radical (unpaired) electrons. The number of likely N-dealkylation sites (N-methyl/N-ethyl adjacent to an activating group) is 1. The molecular formula is C17H18Cl3NO3. The molecule has 1 aliphatic heterocycles. The van der Waals surface area contributed by atoms with Gasteiger partial charge in [0.15, 0.2) is 0 Å². The van der Waals surface area contributed by atoms with Crippen LogP contribution < -0.4 is 0 Å². The Kier molecular flexibility index (Phi) is 6.21. The Labute approximate surface area is 156 Å². The standard InChI is InChI=1S/C17H17Cl2NO3.ClH/c1-3-22-17(21)13(19)8-15-11-9-20(2)7-6-10-12(18)4-5-14(23-15)16(10)11;/h4-5,8H,3,6-7,9H2,1-2H3;1H/b13-8+;. The van der Waals surface area contributed by atoms with Crippen molar-refractivity contribution in [2.75, 3.05) is 20.2 Å². The van der Waals surface area contributed by atoms with Gasteiger partial charge < -0.3 is 14.1 Å². The van der Waals surface area contributed by atoms with Crippen molar-refractivity contribution in [2.24, 2.45) is 0 Å². The molecule has 0 unspecified atom stereocenters. The molecule has 2 heterocycles. The first-order valence-electron chi connectivity index (χ1n) is 7.47. The number of furan rings is 1. The number of carbonyl (C=O) groups excluding carboxylic acids is 1. The fourth-order valence-corrected chi connectivity index (χ4v) is 3.27. The van der Waals surface area contributed by atoms with Gasteiger partial charge in [-0.25, -0.2) is 4.79 Å². The van der Waals surface area contributed by atoms with Crippen molar-refractivity contribution < 1.29 is 13.9 Å². The van der Waals surface area contributed by atoms with E-state index in [1.165, 1.54) is 6.08 Å². The molecule has 0 atom stereocenters. The number of benzene rings is 1. The van der Waals surface area contributed by atoms with Crippen molar-refractivity contribution in [3.63, 3.8) is 0 Å². The van der Waals surface area contributed by atoms with Gasteiger partial charge in [0.25, 0.3) is 0 Å². The summed E-state index contributed by atoms with van der Waals surface area (Å²) in [6.45, 7) is 3.63. The van der Waals surface area contributed by atoms with E-state index in [1.807, 2.05) is 19.2 Å². The van der Waals surface area contributed by atoms with Crippen molar-refractivity contribution in [1.29, 1.82) is 0 Å². The minimum atomic E-state index is -0.554. The van der Waals surface area contributed by atoms with E-state index in [-0.39, 0.29) is 24.0 Å². The number of nitrogens with zero attached hydrogens (tertiary/aromatic N) is 1. The third-order valence-electron chi connectivity index (χ3n) is 3.94. The highest BCUT2D eigenvalue weighted by Crippen LogP contribution is 2.37. The minimum Gasteiger partial charge on any atom is -0.462 e. The first-order chi connectivity index (χ1) is 11.0. The highest BCUT2D eigenvalue weighted by Gasteiger charge is 2.23. The number of hydrogen-bond acceptors (Lipinski definition) is 4. The quantitative estimate of drug-likeness (QED) is 0.565. The van der Waals surface area contributed by atoms with Gasteiger partial charge in [-0.2, -0.15) is 0 Å². The molecular weight excluding hydrogens is 373 g/mol. The van der Waals surface area contributed by atoms with E-state index in [1.54, 1.807) is 6.92 Å². The van der Waals surface area contributed by atoms with Crippen LogP contribution in [-0.4, -0.2) is 31.1 Å². The molecule has 24 heavy (non-hydrogen) atoms. The maximum atomic E-state index is 11.7. The molecule has 7 heteroatoms. The van der Waals surface area contributed by atoms with E-state index >= 15 is 0 Å². The van der Waals surface area contributed by atoms with E-state index in [4.69, 9.17) is 32.4 Å². The number of hydrogen-bond donors (Lipinski definition) is 0. The monoisotopic (exact) mass is 389 g/mol. The number of ether oxygens (including phenoxy) is 1. The van der Waals surface area contributed by atoms with Gasteiger partial charge >= 0.3 is 5.97 Å². The Hall–Kier alpha value is -1.20. The van der Waals surface area contributed by atoms with Gasteiger partial charge in [-0.05, 0) is 38.1 Å². The molecule has 0 amide bonds. The molecule has 1 aromatic heterocycles. The van der Waals surface area contributed by atoms with Gasteiger partial charge in [0.1, 0.15) is 16.4 Å². The highest BCUT2D eigenvalue weighted by molar-refractivity contribution is 6.43. The predicted octanol–water partition coefficient (Wildman–Crippen LogP) is 4.64. The van der Waals surface area contributed by atoms with Crippen LogP contribution in [0.15, 0.2) is 21.6 Å². The fraction of sp³-hybridized carbons (Fsp3) is 0.353. The fourth-order valence-electron chi connectivity index (χ4n) is 2.86. The van der Waals surface area contributed by atoms with Crippen LogP contribution in [0.1, 0.15) is 23.8 Å². The van der Waals surface area contributed by atoms with Crippen molar-refractivity contribution in [1.82, 2.24) is 4.90 Å². The lowest BCUT2D eigenvalue weighted by molar-refractivity contribution is -0.137. The van der Waals surface area contributed by atoms with Gasteiger partial charge in [0.2, 0.25) is 0 Å². The Balaban J connectivity index is 0.00000208. The number of esters is 1. The molecule has 0 aliphatic carbocycles. The molecule has 0 spiro atoms. The molecule has 4 nitrogen and oxygen atoms in total. The largest absolute Gasteiger partial charge is 0.462 e. The Morgan fingerprint density at radius 3 is 2.88 bits per heavy atom. The van der Waals surface area contributed by atoms with Crippen LogP contribution in [0.25, 0.3) is 17.0 Å². The van der Waals surface area contributed by atoms with Gasteiger partial charge in [-0.3, -0.25) is 0 Å². The lowest BCUT2D eigenvalue weighted by Crippen LogP contribution is -2.18. The van der Waals surface area contributed by atoms with E-state index in [0.29, 0.717) is 12.3 Å². The third-order valence-corrected chi connectivity index (χ3v) is 4.55. The summed E-state index contributed by atoms with van der Waals surface area (Å²) in [5, 5.41) is 1.77. The summed E-state index contributed by atoms with van der Waals surface area (Å²) in [6.07, 6.45) is 2.39. The SMILES string of the molecule is CCOC(=O)/C(Cl)=C\c1oc2ccc(Cl)c3c2c1CN(C)CC3.Cl. The smallest absolute Gasteiger partial charge is 0.349 e. The van der Waals surface area contributed by atoms with Crippen molar-refractivity contribution in [2.45, 2.75) is 19.9 Å².